The Labute approximate surface area is 101 Å². The van der Waals surface area contributed by atoms with E-state index in [1.165, 1.54) is 25.7 Å². The van der Waals surface area contributed by atoms with Gasteiger partial charge in [0, 0.05) is 32.3 Å². The molecule has 0 aliphatic heterocycles. The zero-order valence-corrected chi connectivity index (χ0v) is 11.5. The molecule has 0 spiro atoms. The lowest BCUT2D eigenvalue weighted by molar-refractivity contribution is 0.0859. The van der Waals surface area contributed by atoms with Crippen LogP contribution in [0.15, 0.2) is 0 Å². The summed E-state index contributed by atoms with van der Waals surface area (Å²) in [7, 11) is 1.76. The summed E-state index contributed by atoms with van der Waals surface area (Å²) in [6.07, 6.45) is 4.89. The maximum atomic E-state index is 5.90. The highest BCUT2D eigenvalue weighted by molar-refractivity contribution is 4.77. The van der Waals surface area contributed by atoms with Crippen LogP contribution >= 0.6 is 0 Å². The Balaban J connectivity index is 4.29. The highest BCUT2D eigenvalue weighted by atomic mass is 16.5. The summed E-state index contributed by atoms with van der Waals surface area (Å²) in [5.41, 5.74) is 5.90. The van der Waals surface area contributed by atoms with E-state index in [2.05, 4.69) is 25.7 Å². The molecule has 0 aliphatic rings. The van der Waals surface area contributed by atoms with Gasteiger partial charge in [-0.1, -0.05) is 26.7 Å². The van der Waals surface area contributed by atoms with Crippen LogP contribution in [0.5, 0.6) is 0 Å². The van der Waals surface area contributed by atoms with Gasteiger partial charge >= 0.3 is 0 Å². The third-order valence-electron chi connectivity index (χ3n) is 3.34. The largest absolute Gasteiger partial charge is 0.383 e. The van der Waals surface area contributed by atoms with Crippen molar-refractivity contribution in [2.75, 3.05) is 26.8 Å². The second-order valence-electron chi connectivity index (χ2n) is 4.52. The Bertz CT molecular complexity index is 153. The van der Waals surface area contributed by atoms with Crippen molar-refractivity contribution in [1.29, 1.82) is 0 Å². The van der Waals surface area contributed by atoms with Crippen LogP contribution < -0.4 is 5.73 Å². The second-order valence-corrected chi connectivity index (χ2v) is 4.52. The Morgan fingerprint density at radius 2 is 2.00 bits per heavy atom. The maximum Gasteiger partial charge on any atom is 0.0589 e. The van der Waals surface area contributed by atoms with Gasteiger partial charge in [0.2, 0.25) is 0 Å². The van der Waals surface area contributed by atoms with Crippen molar-refractivity contribution in [3.63, 3.8) is 0 Å². The molecule has 0 bridgehead atoms. The number of unbranched alkanes of at least 4 members (excludes halogenated alkanes) is 1. The molecule has 2 atom stereocenters. The first-order valence-corrected chi connectivity index (χ1v) is 6.65. The van der Waals surface area contributed by atoms with Crippen molar-refractivity contribution in [1.82, 2.24) is 4.90 Å². The van der Waals surface area contributed by atoms with Gasteiger partial charge in [0.15, 0.2) is 0 Å². The van der Waals surface area contributed by atoms with E-state index in [-0.39, 0.29) is 0 Å². The monoisotopic (exact) mass is 230 g/mol. The van der Waals surface area contributed by atoms with Crippen molar-refractivity contribution in [3.05, 3.63) is 0 Å². The van der Waals surface area contributed by atoms with Crippen LogP contribution in [0, 0.1) is 0 Å². The van der Waals surface area contributed by atoms with Crippen LogP contribution in [0.25, 0.3) is 0 Å². The number of hydrogen-bond acceptors (Lipinski definition) is 3. The summed E-state index contributed by atoms with van der Waals surface area (Å²) in [5.74, 6) is 0. The molecule has 0 rings (SSSR count). The summed E-state index contributed by atoms with van der Waals surface area (Å²) in [6.45, 7) is 9.30. The van der Waals surface area contributed by atoms with E-state index in [1.54, 1.807) is 7.11 Å². The third kappa shape index (κ3) is 5.83. The third-order valence-corrected chi connectivity index (χ3v) is 3.34. The number of nitrogens with two attached hydrogens (primary N) is 1. The van der Waals surface area contributed by atoms with Gasteiger partial charge in [0.25, 0.3) is 0 Å². The number of nitrogens with zero attached hydrogens (tertiary/aromatic N) is 1. The summed E-state index contributed by atoms with van der Waals surface area (Å²) >= 11 is 0. The van der Waals surface area contributed by atoms with Gasteiger partial charge < -0.3 is 10.5 Å². The molecule has 3 nitrogen and oxygen atoms in total. The molecule has 0 saturated carbocycles. The Kier molecular flexibility index (Phi) is 9.99. The molecule has 0 fully saturated rings. The molecule has 0 aliphatic carbocycles. The fourth-order valence-electron chi connectivity index (χ4n) is 2.05. The van der Waals surface area contributed by atoms with Gasteiger partial charge in [-0.3, -0.25) is 4.90 Å². The zero-order chi connectivity index (χ0) is 12.4. The van der Waals surface area contributed by atoms with Gasteiger partial charge in [-0.15, -0.1) is 0 Å². The van der Waals surface area contributed by atoms with Crippen LogP contribution in [0.2, 0.25) is 0 Å². The SMILES string of the molecule is CCCCC(CN)N(CCOC)C(C)CC. The number of rotatable bonds is 10. The molecule has 2 unspecified atom stereocenters. The van der Waals surface area contributed by atoms with E-state index in [9.17, 15) is 0 Å². The standard InChI is InChI=1S/C13H30N2O/c1-5-7-8-13(11-14)15(9-10-16-4)12(3)6-2/h12-13H,5-11,14H2,1-4H3. The van der Waals surface area contributed by atoms with Crippen molar-refractivity contribution in [2.24, 2.45) is 5.73 Å². The van der Waals surface area contributed by atoms with Crippen LogP contribution in [0.3, 0.4) is 0 Å². The fourth-order valence-corrected chi connectivity index (χ4v) is 2.05. The molecule has 0 saturated heterocycles. The number of hydrogen-bond donors (Lipinski definition) is 1. The molecule has 0 radical (unpaired) electrons. The smallest absolute Gasteiger partial charge is 0.0589 e. The molecule has 0 aromatic heterocycles. The topological polar surface area (TPSA) is 38.5 Å². The van der Waals surface area contributed by atoms with Crippen LogP contribution in [-0.4, -0.2) is 43.8 Å². The fraction of sp³-hybridized carbons (Fsp3) is 1.00. The van der Waals surface area contributed by atoms with E-state index in [4.69, 9.17) is 10.5 Å². The van der Waals surface area contributed by atoms with Gasteiger partial charge in [-0.25, -0.2) is 0 Å². The lowest BCUT2D eigenvalue weighted by atomic mass is 10.1. The average molecular weight is 230 g/mol. The highest BCUT2D eigenvalue weighted by Crippen LogP contribution is 2.13. The predicted molar refractivity (Wildman–Crippen MR) is 70.7 cm³/mol. The molecular formula is C13H30N2O. The first-order chi connectivity index (χ1) is 7.71. The lowest BCUT2D eigenvalue weighted by Crippen LogP contribution is -2.47. The molecular weight excluding hydrogens is 200 g/mol. The lowest BCUT2D eigenvalue weighted by Gasteiger charge is -2.35. The van der Waals surface area contributed by atoms with E-state index >= 15 is 0 Å². The van der Waals surface area contributed by atoms with Crippen LogP contribution in [0.1, 0.15) is 46.5 Å². The number of methoxy groups -OCH3 is 1. The molecule has 16 heavy (non-hydrogen) atoms. The van der Waals surface area contributed by atoms with E-state index in [0.29, 0.717) is 12.1 Å². The first kappa shape index (κ1) is 15.9. The van der Waals surface area contributed by atoms with Crippen molar-refractivity contribution in [2.45, 2.75) is 58.5 Å². The predicted octanol–water partition coefficient (Wildman–Crippen LogP) is 2.25. The Hall–Kier alpha value is -0.120. The minimum Gasteiger partial charge on any atom is -0.383 e. The quantitative estimate of drug-likeness (QED) is 0.625. The summed E-state index contributed by atoms with van der Waals surface area (Å²) in [5, 5.41) is 0. The van der Waals surface area contributed by atoms with E-state index in [1.807, 2.05) is 0 Å². The second kappa shape index (κ2) is 10.1. The Morgan fingerprint density at radius 3 is 2.44 bits per heavy atom. The average Bonchev–Trinajstić information content (AvgIpc) is 2.32. The van der Waals surface area contributed by atoms with E-state index < -0.39 is 0 Å². The zero-order valence-electron chi connectivity index (χ0n) is 11.5. The van der Waals surface area contributed by atoms with Crippen LogP contribution in [0.4, 0.5) is 0 Å². The van der Waals surface area contributed by atoms with Gasteiger partial charge in [-0.2, -0.15) is 0 Å². The highest BCUT2D eigenvalue weighted by Gasteiger charge is 2.20. The molecule has 3 heteroatoms. The minimum absolute atomic E-state index is 0.519. The van der Waals surface area contributed by atoms with Gasteiger partial charge in [0.1, 0.15) is 0 Å². The van der Waals surface area contributed by atoms with Crippen LogP contribution in [-0.2, 0) is 4.74 Å². The van der Waals surface area contributed by atoms with Crippen molar-refractivity contribution in [3.8, 4) is 0 Å². The summed E-state index contributed by atoms with van der Waals surface area (Å²) in [6, 6.07) is 1.12. The normalized spacial score (nSPS) is 15.4. The maximum absolute atomic E-state index is 5.90. The molecule has 0 heterocycles. The van der Waals surface area contributed by atoms with Gasteiger partial charge in [0.05, 0.1) is 6.61 Å². The number of ether oxygens (including phenoxy) is 1. The minimum atomic E-state index is 0.519. The summed E-state index contributed by atoms with van der Waals surface area (Å²) in [4.78, 5) is 2.51. The Morgan fingerprint density at radius 1 is 1.31 bits per heavy atom. The first-order valence-electron chi connectivity index (χ1n) is 6.65. The molecule has 0 aromatic rings. The molecule has 0 aromatic carbocycles. The molecule has 0 amide bonds. The van der Waals surface area contributed by atoms with Crippen molar-refractivity contribution >= 4 is 0 Å². The van der Waals surface area contributed by atoms with Gasteiger partial charge in [-0.05, 0) is 19.8 Å². The molecule has 98 valence electrons. The molecule has 2 N–H and O–H groups in total. The van der Waals surface area contributed by atoms with E-state index in [0.717, 1.165) is 19.7 Å². The summed E-state index contributed by atoms with van der Waals surface area (Å²) < 4.78 is 5.18. The van der Waals surface area contributed by atoms with Crippen molar-refractivity contribution < 1.29 is 4.74 Å².